The number of aromatic nitrogens is 3. The summed E-state index contributed by atoms with van der Waals surface area (Å²) >= 11 is 3.03. The van der Waals surface area contributed by atoms with Crippen molar-refractivity contribution in [2.24, 2.45) is 0 Å². The van der Waals surface area contributed by atoms with Crippen molar-refractivity contribution in [2.45, 2.75) is 11.7 Å². The zero-order valence-corrected chi connectivity index (χ0v) is 18.0. The lowest BCUT2D eigenvalue weighted by atomic mass is 10.1. The molecule has 0 saturated carbocycles. The molecule has 2 aromatic heterocycles. The van der Waals surface area contributed by atoms with Crippen LogP contribution in [-0.2, 0) is 11.3 Å². The summed E-state index contributed by atoms with van der Waals surface area (Å²) in [5, 5.41) is 15.6. The van der Waals surface area contributed by atoms with Gasteiger partial charge in [0.25, 0.3) is 0 Å². The minimum Gasteiger partial charge on any atom is -0.497 e. The molecule has 2 aromatic carbocycles. The van der Waals surface area contributed by atoms with Crippen molar-refractivity contribution in [3.63, 3.8) is 0 Å². The number of carbonyl (C=O) groups excluding carboxylic acids is 1. The van der Waals surface area contributed by atoms with Crippen molar-refractivity contribution in [2.75, 3.05) is 18.2 Å². The van der Waals surface area contributed by atoms with Gasteiger partial charge in [-0.25, -0.2) is 0 Å². The molecule has 6 nitrogen and oxygen atoms in total. The Bertz CT molecular complexity index is 1180. The van der Waals surface area contributed by atoms with Crippen molar-refractivity contribution in [1.29, 1.82) is 0 Å². The number of hydrogen-bond donors (Lipinski definition) is 1. The lowest BCUT2D eigenvalue weighted by molar-refractivity contribution is -0.113. The number of carbonyl (C=O) groups is 1. The first-order valence-electron chi connectivity index (χ1n) is 9.27. The fourth-order valence-electron chi connectivity index (χ4n) is 3.04. The van der Waals surface area contributed by atoms with Crippen molar-refractivity contribution in [1.82, 2.24) is 14.8 Å². The van der Waals surface area contributed by atoms with Crippen LogP contribution >= 0.6 is 23.1 Å². The predicted molar refractivity (Wildman–Crippen MR) is 123 cm³/mol. The van der Waals surface area contributed by atoms with Crippen LogP contribution in [0.25, 0.3) is 21.5 Å². The van der Waals surface area contributed by atoms with Crippen LogP contribution in [-0.4, -0.2) is 33.5 Å². The molecule has 0 unspecified atom stereocenters. The molecule has 2 heterocycles. The van der Waals surface area contributed by atoms with Gasteiger partial charge in [0.1, 0.15) is 5.75 Å². The van der Waals surface area contributed by atoms with E-state index in [1.54, 1.807) is 42.7 Å². The van der Waals surface area contributed by atoms with E-state index in [4.69, 9.17) is 4.74 Å². The molecule has 30 heavy (non-hydrogen) atoms. The quantitative estimate of drug-likeness (QED) is 0.308. The van der Waals surface area contributed by atoms with Crippen LogP contribution in [0.4, 0.5) is 5.69 Å². The summed E-state index contributed by atoms with van der Waals surface area (Å²) in [5.74, 6) is 1.64. The Morgan fingerprint density at radius 3 is 2.80 bits per heavy atom. The van der Waals surface area contributed by atoms with Crippen LogP contribution in [0.5, 0.6) is 5.75 Å². The number of fused-ring (bicyclic) bond motifs is 1. The van der Waals surface area contributed by atoms with Gasteiger partial charge in [-0.2, -0.15) is 0 Å². The number of amides is 1. The number of thioether (sulfide) groups is 1. The number of nitrogens with one attached hydrogen (secondary N) is 1. The molecule has 0 spiro atoms. The van der Waals surface area contributed by atoms with Crippen LogP contribution in [0.3, 0.4) is 0 Å². The highest BCUT2D eigenvalue weighted by atomic mass is 32.2. The molecule has 8 heteroatoms. The van der Waals surface area contributed by atoms with E-state index in [9.17, 15) is 4.79 Å². The number of anilines is 1. The zero-order chi connectivity index (χ0) is 20.9. The molecule has 0 radical (unpaired) electrons. The smallest absolute Gasteiger partial charge is 0.234 e. The summed E-state index contributed by atoms with van der Waals surface area (Å²) in [7, 11) is 1.61. The lowest BCUT2D eigenvalue weighted by Crippen LogP contribution is -2.14. The second-order valence-corrected chi connectivity index (χ2v) is 8.27. The number of benzene rings is 2. The number of hydrogen-bond acceptors (Lipinski definition) is 6. The molecule has 4 rings (SSSR count). The normalized spacial score (nSPS) is 10.8. The molecule has 0 saturated heterocycles. The standard InChI is InChI=1S/C22H20N4O2S2/c1-3-12-26-21(18-13-29-19-7-5-4-6-17(18)19)24-25-22(26)30-14-20(27)23-15-8-10-16(28-2)11-9-15/h3-11,13H,1,12,14H2,2H3,(H,23,27). The number of methoxy groups -OCH3 is 1. The van der Waals surface area contributed by atoms with Crippen LogP contribution in [0.1, 0.15) is 0 Å². The second kappa shape index (κ2) is 9.15. The first-order chi connectivity index (χ1) is 14.7. The summed E-state index contributed by atoms with van der Waals surface area (Å²) in [4.78, 5) is 12.4. The molecular formula is C22H20N4O2S2. The fourth-order valence-corrected chi connectivity index (χ4v) is 4.73. The largest absolute Gasteiger partial charge is 0.497 e. The van der Waals surface area contributed by atoms with Gasteiger partial charge in [0.15, 0.2) is 11.0 Å². The van der Waals surface area contributed by atoms with Crippen LogP contribution in [0.15, 0.2) is 71.7 Å². The van der Waals surface area contributed by atoms with E-state index in [2.05, 4.69) is 39.6 Å². The van der Waals surface area contributed by atoms with Gasteiger partial charge in [0, 0.05) is 33.3 Å². The molecule has 0 fully saturated rings. The van der Waals surface area contributed by atoms with Gasteiger partial charge in [-0.3, -0.25) is 9.36 Å². The fraction of sp³-hybridized carbons (Fsp3) is 0.136. The number of rotatable bonds is 8. The molecular weight excluding hydrogens is 416 g/mol. The number of thiophene rings is 1. The molecule has 0 aliphatic rings. The Morgan fingerprint density at radius 2 is 2.03 bits per heavy atom. The Morgan fingerprint density at radius 1 is 1.23 bits per heavy atom. The first-order valence-corrected chi connectivity index (χ1v) is 11.1. The van der Waals surface area contributed by atoms with Crippen molar-refractivity contribution < 1.29 is 9.53 Å². The van der Waals surface area contributed by atoms with Gasteiger partial charge in [-0.1, -0.05) is 36.0 Å². The summed E-state index contributed by atoms with van der Waals surface area (Å²) in [6.07, 6.45) is 1.81. The monoisotopic (exact) mass is 436 g/mol. The third-order valence-electron chi connectivity index (χ3n) is 4.46. The van der Waals surface area contributed by atoms with Gasteiger partial charge < -0.3 is 10.1 Å². The van der Waals surface area contributed by atoms with E-state index >= 15 is 0 Å². The summed E-state index contributed by atoms with van der Waals surface area (Å²) in [6.45, 7) is 4.42. The van der Waals surface area contributed by atoms with E-state index in [0.29, 0.717) is 11.7 Å². The summed E-state index contributed by atoms with van der Waals surface area (Å²) < 4.78 is 8.33. The topological polar surface area (TPSA) is 69.0 Å². The molecule has 0 bridgehead atoms. The maximum Gasteiger partial charge on any atom is 0.234 e. The maximum atomic E-state index is 12.4. The molecule has 0 aliphatic carbocycles. The highest BCUT2D eigenvalue weighted by Gasteiger charge is 2.17. The van der Waals surface area contributed by atoms with Crippen LogP contribution < -0.4 is 10.1 Å². The number of allylic oxidation sites excluding steroid dienone is 1. The number of nitrogens with zero attached hydrogens (tertiary/aromatic N) is 3. The molecule has 152 valence electrons. The van der Waals surface area contributed by atoms with E-state index in [1.165, 1.54) is 16.5 Å². The molecule has 0 atom stereocenters. The first kappa shape index (κ1) is 20.2. The van der Waals surface area contributed by atoms with Crippen molar-refractivity contribution in [3.05, 3.63) is 66.6 Å². The molecule has 0 aliphatic heterocycles. The van der Waals surface area contributed by atoms with E-state index in [1.807, 2.05) is 22.8 Å². The van der Waals surface area contributed by atoms with E-state index < -0.39 is 0 Å². The highest BCUT2D eigenvalue weighted by Crippen LogP contribution is 2.34. The molecule has 4 aromatic rings. The van der Waals surface area contributed by atoms with Gasteiger partial charge >= 0.3 is 0 Å². The van der Waals surface area contributed by atoms with Gasteiger partial charge in [0.05, 0.1) is 12.9 Å². The zero-order valence-electron chi connectivity index (χ0n) is 16.4. The SMILES string of the molecule is C=CCn1c(SCC(=O)Nc2ccc(OC)cc2)nnc1-c1csc2ccccc12. The van der Waals surface area contributed by atoms with Crippen molar-refractivity contribution >= 4 is 44.8 Å². The van der Waals surface area contributed by atoms with Crippen molar-refractivity contribution in [3.8, 4) is 17.1 Å². The van der Waals surface area contributed by atoms with E-state index in [-0.39, 0.29) is 11.7 Å². The van der Waals surface area contributed by atoms with Gasteiger partial charge in [-0.15, -0.1) is 28.1 Å². The lowest BCUT2D eigenvalue weighted by Gasteiger charge is -2.08. The summed E-state index contributed by atoms with van der Waals surface area (Å²) in [6, 6.07) is 15.5. The van der Waals surface area contributed by atoms with E-state index in [0.717, 1.165) is 28.2 Å². The maximum absolute atomic E-state index is 12.4. The van der Waals surface area contributed by atoms with Gasteiger partial charge in [-0.05, 0) is 30.3 Å². The minimum absolute atomic E-state index is 0.110. The Hall–Kier alpha value is -3.10. The third-order valence-corrected chi connectivity index (χ3v) is 6.39. The average Bonchev–Trinajstić information content (AvgIpc) is 3.37. The Kier molecular flexibility index (Phi) is 6.15. The highest BCUT2D eigenvalue weighted by molar-refractivity contribution is 7.99. The Labute approximate surface area is 182 Å². The van der Waals surface area contributed by atoms with Crippen LogP contribution in [0, 0.1) is 0 Å². The third kappa shape index (κ3) is 4.24. The molecule has 1 N–H and O–H groups in total. The van der Waals surface area contributed by atoms with Gasteiger partial charge in [0.2, 0.25) is 5.91 Å². The molecule has 1 amide bonds. The second-order valence-electron chi connectivity index (χ2n) is 6.42. The predicted octanol–water partition coefficient (Wildman–Crippen LogP) is 5.09. The van der Waals surface area contributed by atoms with Crippen LogP contribution in [0.2, 0.25) is 0 Å². The Balaban J connectivity index is 1.50. The number of ether oxygens (including phenoxy) is 1. The average molecular weight is 437 g/mol. The minimum atomic E-state index is -0.110. The summed E-state index contributed by atoms with van der Waals surface area (Å²) in [5.41, 5.74) is 1.76.